The predicted molar refractivity (Wildman–Crippen MR) is 99.8 cm³/mol. The Hall–Kier alpha value is -2.04. The lowest BCUT2D eigenvalue weighted by molar-refractivity contribution is -0.128. The van der Waals surface area contributed by atoms with E-state index < -0.39 is 0 Å². The van der Waals surface area contributed by atoms with Crippen molar-refractivity contribution in [3.8, 4) is 0 Å². The number of anilines is 1. The number of nitrogens with one attached hydrogen (secondary N) is 1. The molecule has 1 aliphatic rings. The van der Waals surface area contributed by atoms with Gasteiger partial charge in [0.2, 0.25) is 11.8 Å². The Morgan fingerprint density at radius 1 is 1.24 bits per heavy atom. The lowest BCUT2D eigenvalue weighted by Gasteiger charge is -2.17. The Balaban J connectivity index is 1.66. The van der Waals surface area contributed by atoms with E-state index in [4.69, 9.17) is 23.2 Å². The molecule has 0 unspecified atom stereocenters. The van der Waals surface area contributed by atoms with Gasteiger partial charge in [-0.15, -0.1) is 0 Å². The maximum atomic E-state index is 12.5. The van der Waals surface area contributed by atoms with E-state index in [2.05, 4.69) is 5.32 Å². The maximum Gasteiger partial charge on any atom is 0.229 e. The third-order valence-corrected chi connectivity index (χ3v) is 4.97. The van der Waals surface area contributed by atoms with Crippen molar-refractivity contribution in [3.05, 3.63) is 63.6 Å². The quantitative estimate of drug-likeness (QED) is 0.864. The van der Waals surface area contributed by atoms with Crippen molar-refractivity contribution in [1.29, 1.82) is 0 Å². The van der Waals surface area contributed by atoms with Gasteiger partial charge in [-0.2, -0.15) is 0 Å². The maximum absolute atomic E-state index is 12.5. The van der Waals surface area contributed by atoms with Crippen molar-refractivity contribution >= 4 is 40.7 Å². The molecule has 3 rings (SSSR count). The summed E-state index contributed by atoms with van der Waals surface area (Å²) in [6.07, 6.45) is 0.204. The van der Waals surface area contributed by atoms with Gasteiger partial charge in [-0.3, -0.25) is 9.59 Å². The molecule has 0 radical (unpaired) electrons. The standard InChI is InChI=1S/C19H18Cl2N2O2/c1-12-6-7-15(20)9-17(12)22-19(25)14-8-18(24)23(11-14)10-13-4-2-3-5-16(13)21/h2-7,9,14H,8,10-11H2,1H3,(H,22,25)/t14-/m0/s1. The van der Waals surface area contributed by atoms with Crippen LogP contribution in [0.4, 0.5) is 5.69 Å². The highest BCUT2D eigenvalue weighted by atomic mass is 35.5. The first-order chi connectivity index (χ1) is 11.9. The number of hydrogen-bond acceptors (Lipinski definition) is 2. The van der Waals surface area contributed by atoms with Crippen LogP contribution < -0.4 is 5.32 Å². The third-order valence-electron chi connectivity index (χ3n) is 4.36. The molecule has 2 aromatic carbocycles. The van der Waals surface area contributed by atoms with Crippen LogP contribution in [-0.4, -0.2) is 23.3 Å². The van der Waals surface area contributed by atoms with Crippen LogP contribution in [0.3, 0.4) is 0 Å². The number of nitrogens with zero attached hydrogens (tertiary/aromatic N) is 1. The van der Waals surface area contributed by atoms with E-state index in [0.29, 0.717) is 28.8 Å². The lowest BCUT2D eigenvalue weighted by atomic mass is 10.1. The zero-order chi connectivity index (χ0) is 18.0. The monoisotopic (exact) mass is 376 g/mol. The number of rotatable bonds is 4. The number of halogens is 2. The minimum atomic E-state index is -0.381. The van der Waals surface area contributed by atoms with Gasteiger partial charge in [0.25, 0.3) is 0 Å². The number of carbonyl (C=O) groups is 2. The number of amides is 2. The van der Waals surface area contributed by atoms with Gasteiger partial charge in [0.05, 0.1) is 5.92 Å². The van der Waals surface area contributed by atoms with E-state index >= 15 is 0 Å². The summed E-state index contributed by atoms with van der Waals surface area (Å²) in [5.74, 6) is -0.586. The molecule has 1 saturated heterocycles. The SMILES string of the molecule is Cc1ccc(Cl)cc1NC(=O)[C@H]1CC(=O)N(Cc2ccccc2Cl)C1. The fraction of sp³-hybridized carbons (Fsp3) is 0.263. The Morgan fingerprint density at radius 3 is 2.76 bits per heavy atom. The smallest absolute Gasteiger partial charge is 0.229 e. The molecular formula is C19H18Cl2N2O2. The van der Waals surface area contributed by atoms with Gasteiger partial charge in [-0.05, 0) is 36.2 Å². The second-order valence-corrected chi connectivity index (χ2v) is 7.06. The number of likely N-dealkylation sites (tertiary alicyclic amines) is 1. The second-order valence-electron chi connectivity index (χ2n) is 6.22. The summed E-state index contributed by atoms with van der Waals surface area (Å²) in [5.41, 5.74) is 2.48. The minimum Gasteiger partial charge on any atom is -0.337 e. The molecule has 1 fully saturated rings. The van der Waals surface area contributed by atoms with Crippen LogP contribution in [0.25, 0.3) is 0 Å². The highest BCUT2D eigenvalue weighted by molar-refractivity contribution is 6.31. The van der Waals surface area contributed by atoms with E-state index in [-0.39, 0.29) is 24.2 Å². The Morgan fingerprint density at radius 2 is 2.00 bits per heavy atom. The topological polar surface area (TPSA) is 49.4 Å². The van der Waals surface area contributed by atoms with Crippen LogP contribution in [-0.2, 0) is 16.1 Å². The molecule has 0 aliphatic carbocycles. The fourth-order valence-corrected chi connectivity index (χ4v) is 3.26. The van der Waals surface area contributed by atoms with Gasteiger partial charge < -0.3 is 10.2 Å². The molecule has 1 aliphatic heterocycles. The van der Waals surface area contributed by atoms with Gasteiger partial charge >= 0.3 is 0 Å². The van der Waals surface area contributed by atoms with Crippen LogP contribution in [0, 0.1) is 12.8 Å². The molecule has 0 bridgehead atoms. The third kappa shape index (κ3) is 4.14. The molecule has 0 spiro atoms. The molecule has 4 nitrogen and oxygen atoms in total. The van der Waals surface area contributed by atoms with Gasteiger partial charge in [-0.25, -0.2) is 0 Å². The molecule has 2 aromatic rings. The summed E-state index contributed by atoms with van der Waals surface area (Å²) in [7, 11) is 0. The highest BCUT2D eigenvalue weighted by Crippen LogP contribution is 2.26. The van der Waals surface area contributed by atoms with Crippen molar-refractivity contribution in [2.75, 3.05) is 11.9 Å². The van der Waals surface area contributed by atoms with Crippen LogP contribution in [0.15, 0.2) is 42.5 Å². The van der Waals surface area contributed by atoms with E-state index in [1.54, 1.807) is 23.1 Å². The molecule has 6 heteroatoms. The molecule has 2 amide bonds. The van der Waals surface area contributed by atoms with E-state index in [1.165, 1.54) is 0 Å². The number of aryl methyl sites for hydroxylation is 1. The van der Waals surface area contributed by atoms with Crippen LogP contribution in [0.1, 0.15) is 17.5 Å². The second kappa shape index (κ2) is 7.46. The van der Waals surface area contributed by atoms with Crippen molar-refractivity contribution in [3.63, 3.8) is 0 Å². The summed E-state index contributed by atoms with van der Waals surface area (Å²) in [6, 6.07) is 12.8. The summed E-state index contributed by atoms with van der Waals surface area (Å²) < 4.78 is 0. The first-order valence-corrected chi connectivity index (χ1v) is 8.78. The van der Waals surface area contributed by atoms with Gasteiger partial charge in [0.15, 0.2) is 0 Å². The van der Waals surface area contributed by atoms with Crippen LogP contribution in [0.5, 0.6) is 0 Å². The average molecular weight is 377 g/mol. The van der Waals surface area contributed by atoms with Gasteiger partial charge in [0.1, 0.15) is 0 Å². The average Bonchev–Trinajstić information content (AvgIpc) is 2.94. The predicted octanol–water partition coefficient (Wildman–Crippen LogP) is 4.29. The molecule has 1 heterocycles. The summed E-state index contributed by atoms with van der Waals surface area (Å²) in [4.78, 5) is 26.5. The minimum absolute atomic E-state index is 0.0390. The summed E-state index contributed by atoms with van der Waals surface area (Å²) >= 11 is 12.1. The van der Waals surface area contributed by atoms with Gasteiger partial charge in [0, 0.05) is 35.2 Å². The Kier molecular flexibility index (Phi) is 5.30. The van der Waals surface area contributed by atoms with E-state index in [0.717, 1.165) is 11.1 Å². The molecule has 0 aromatic heterocycles. The zero-order valence-corrected chi connectivity index (χ0v) is 15.3. The molecule has 1 atom stereocenters. The summed E-state index contributed by atoms with van der Waals surface area (Å²) in [5, 5.41) is 4.06. The van der Waals surface area contributed by atoms with Crippen LogP contribution in [0.2, 0.25) is 10.0 Å². The molecule has 0 saturated carbocycles. The van der Waals surface area contributed by atoms with E-state index in [9.17, 15) is 9.59 Å². The normalized spacial score (nSPS) is 17.0. The Bertz CT molecular complexity index is 823. The van der Waals surface area contributed by atoms with Gasteiger partial charge in [-0.1, -0.05) is 47.5 Å². The van der Waals surface area contributed by atoms with Crippen molar-refractivity contribution in [2.24, 2.45) is 5.92 Å². The molecule has 1 N–H and O–H groups in total. The first-order valence-electron chi connectivity index (χ1n) is 8.02. The largest absolute Gasteiger partial charge is 0.337 e. The molecule has 130 valence electrons. The van der Waals surface area contributed by atoms with Crippen LogP contribution >= 0.6 is 23.2 Å². The number of benzene rings is 2. The van der Waals surface area contributed by atoms with Crippen molar-refractivity contribution in [1.82, 2.24) is 4.90 Å². The summed E-state index contributed by atoms with van der Waals surface area (Å²) in [6.45, 7) is 2.70. The number of carbonyl (C=O) groups excluding carboxylic acids is 2. The Labute approximate surface area is 156 Å². The fourth-order valence-electron chi connectivity index (χ4n) is 2.90. The zero-order valence-electron chi connectivity index (χ0n) is 13.8. The van der Waals surface area contributed by atoms with Crippen molar-refractivity contribution < 1.29 is 9.59 Å². The lowest BCUT2D eigenvalue weighted by Crippen LogP contribution is -2.28. The van der Waals surface area contributed by atoms with Crippen molar-refractivity contribution in [2.45, 2.75) is 19.9 Å². The highest BCUT2D eigenvalue weighted by Gasteiger charge is 2.34. The molecule has 25 heavy (non-hydrogen) atoms. The van der Waals surface area contributed by atoms with E-state index in [1.807, 2.05) is 31.2 Å². The first kappa shape index (κ1) is 17.8. The number of hydrogen-bond donors (Lipinski definition) is 1. The molecular weight excluding hydrogens is 359 g/mol.